The molecule has 1 aliphatic heterocycles. The maximum absolute atomic E-state index is 8.29. The highest BCUT2D eigenvalue weighted by atomic mass is 79.9. The lowest BCUT2D eigenvalue weighted by atomic mass is 10.00. The summed E-state index contributed by atoms with van der Waals surface area (Å²) in [4.78, 5) is 7.37. The molecule has 0 saturated carbocycles. The van der Waals surface area contributed by atoms with Crippen LogP contribution in [-0.2, 0) is 4.74 Å². The summed E-state index contributed by atoms with van der Waals surface area (Å²) in [6.07, 6.45) is -5.54. The van der Waals surface area contributed by atoms with Crippen molar-refractivity contribution in [2.45, 2.75) is 18.6 Å². The van der Waals surface area contributed by atoms with Gasteiger partial charge < -0.3 is 4.74 Å². The van der Waals surface area contributed by atoms with Gasteiger partial charge in [0.15, 0.2) is 0 Å². The predicted molar refractivity (Wildman–Crippen MR) is 52.5 cm³/mol. The lowest BCUT2D eigenvalue weighted by molar-refractivity contribution is 0.0835. The Bertz CT molecular complexity index is 514. The summed E-state index contributed by atoms with van der Waals surface area (Å²) in [5.41, 5.74) is 0. The number of nitrogens with zero attached hydrogens (tertiary/aromatic N) is 2. The second-order valence-corrected chi connectivity index (χ2v) is 3.10. The third kappa shape index (κ3) is 2.25. The Kier molecular flexibility index (Phi) is 1.26. The van der Waals surface area contributed by atoms with Gasteiger partial charge in [-0.1, -0.05) is 0 Å². The van der Waals surface area contributed by atoms with Crippen molar-refractivity contribution in [2.24, 2.45) is 0 Å². The highest BCUT2D eigenvalue weighted by Crippen LogP contribution is 2.23. The van der Waals surface area contributed by atoms with E-state index < -0.39 is 37.7 Å². The van der Waals surface area contributed by atoms with E-state index in [0.717, 1.165) is 0 Å². The molecule has 0 amide bonds. The maximum Gasteiger partial charge on any atom is 0.131 e. The molecule has 1 aliphatic rings. The quantitative estimate of drug-likeness (QED) is 0.765. The second kappa shape index (κ2) is 4.15. The number of hydrogen-bond acceptors (Lipinski definition) is 3. The van der Waals surface area contributed by atoms with Gasteiger partial charge in [0.25, 0.3) is 0 Å². The summed E-state index contributed by atoms with van der Waals surface area (Å²) in [7, 11) is 0. The summed E-state index contributed by atoms with van der Waals surface area (Å²) in [6, 6.07) is 0. The first-order chi connectivity index (χ1) is 9.03. The van der Waals surface area contributed by atoms with Crippen molar-refractivity contribution < 1.29 is 14.3 Å². The Morgan fingerprint density at radius 3 is 2.77 bits per heavy atom. The van der Waals surface area contributed by atoms with E-state index in [1.807, 2.05) is 0 Å². The molecule has 0 aliphatic carbocycles. The van der Waals surface area contributed by atoms with Crippen molar-refractivity contribution in [1.82, 2.24) is 9.97 Å². The van der Waals surface area contributed by atoms with Crippen molar-refractivity contribution in [3.63, 3.8) is 0 Å². The van der Waals surface area contributed by atoms with Crippen LogP contribution in [0.2, 0.25) is 0 Å². The van der Waals surface area contributed by atoms with E-state index in [0.29, 0.717) is 0 Å². The molecule has 70 valence electrons. The van der Waals surface area contributed by atoms with Crippen LogP contribution in [0.1, 0.15) is 34.1 Å². The average molecular weight is 250 g/mol. The van der Waals surface area contributed by atoms with Gasteiger partial charge in [0.05, 0.1) is 7.21 Å². The molecule has 0 unspecified atom stereocenters. The first-order valence-electron chi connectivity index (χ1n) is 7.12. The molecule has 0 spiro atoms. The van der Waals surface area contributed by atoms with Gasteiger partial charge in [-0.3, -0.25) is 0 Å². The van der Waals surface area contributed by atoms with Gasteiger partial charge in [0.1, 0.15) is 5.82 Å². The van der Waals surface area contributed by atoms with Crippen LogP contribution in [0.3, 0.4) is 0 Å². The normalized spacial score (nSPS) is 36.8. The molecular weight excluding hydrogens is 232 g/mol. The van der Waals surface area contributed by atoms with Crippen LogP contribution in [0.5, 0.6) is 0 Å². The van der Waals surface area contributed by atoms with Crippen LogP contribution >= 0.6 is 15.9 Å². The molecule has 3 nitrogen and oxygen atoms in total. The van der Waals surface area contributed by atoms with Crippen LogP contribution < -0.4 is 0 Å². The summed E-state index contributed by atoms with van der Waals surface area (Å²) in [6.45, 7) is -0.952. The standard InChI is InChI=1S/C9H11BrN2O/c10-8-5-11-9(12-6-8)7-1-3-13-4-2-7/h5-7H,1-4H2/i1D2,2D2,5D,6D,7D. The molecule has 0 N–H and O–H groups in total. The first kappa shape index (κ1) is 3.95. The fourth-order valence-corrected chi connectivity index (χ4v) is 1.06. The van der Waals surface area contributed by atoms with E-state index >= 15 is 0 Å². The van der Waals surface area contributed by atoms with Crippen LogP contribution in [-0.4, -0.2) is 23.2 Å². The molecule has 1 saturated heterocycles. The number of aromatic nitrogens is 2. The van der Waals surface area contributed by atoms with Gasteiger partial charge in [0.2, 0.25) is 0 Å². The fourth-order valence-electron chi connectivity index (χ4n) is 0.884. The zero-order valence-corrected chi connectivity index (χ0v) is 8.18. The Morgan fingerprint density at radius 2 is 2.15 bits per heavy atom. The topological polar surface area (TPSA) is 35.0 Å². The minimum atomic E-state index is -2.45. The first-order valence-corrected chi connectivity index (χ1v) is 4.41. The summed E-state index contributed by atoms with van der Waals surface area (Å²) in [5.74, 6) is -2.97. The van der Waals surface area contributed by atoms with E-state index in [2.05, 4.69) is 25.9 Å². The molecule has 0 radical (unpaired) electrons. The van der Waals surface area contributed by atoms with Crippen molar-refractivity contribution in [3.8, 4) is 0 Å². The van der Waals surface area contributed by atoms with Gasteiger partial charge >= 0.3 is 0 Å². The Morgan fingerprint density at radius 1 is 1.54 bits per heavy atom. The molecular formula is C9H11BrN2O. The zero-order chi connectivity index (χ0) is 15.3. The Labute approximate surface area is 95.5 Å². The van der Waals surface area contributed by atoms with Gasteiger partial charge in [-0.2, -0.15) is 0 Å². The number of halogens is 1. The molecule has 0 aromatic carbocycles. The van der Waals surface area contributed by atoms with Gasteiger partial charge in [0, 0.05) is 38.3 Å². The number of ether oxygens (including phenoxy) is 1. The molecule has 13 heavy (non-hydrogen) atoms. The summed E-state index contributed by atoms with van der Waals surface area (Å²) >= 11 is 2.94. The molecule has 2 rings (SSSR count). The van der Waals surface area contributed by atoms with E-state index in [1.54, 1.807) is 0 Å². The van der Waals surface area contributed by atoms with Crippen molar-refractivity contribution in [3.05, 3.63) is 22.6 Å². The Balaban J connectivity index is 2.68. The fraction of sp³-hybridized carbons (Fsp3) is 0.556. The third-order valence-electron chi connectivity index (χ3n) is 1.45. The third-order valence-corrected chi connectivity index (χ3v) is 1.80. The monoisotopic (exact) mass is 249 g/mol. The van der Waals surface area contributed by atoms with Crippen molar-refractivity contribution >= 4 is 15.9 Å². The predicted octanol–water partition coefficient (Wildman–Crippen LogP) is 2.13. The van der Waals surface area contributed by atoms with E-state index in [9.17, 15) is 0 Å². The molecule has 1 aromatic rings. The molecule has 4 heteroatoms. The van der Waals surface area contributed by atoms with Crippen LogP contribution in [0, 0.1) is 0 Å². The van der Waals surface area contributed by atoms with Crippen LogP contribution in [0.25, 0.3) is 0 Å². The maximum atomic E-state index is 8.29. The summed E-state index contributed by atoms with van der Waals surface area (Å²) < 4.78 is 59.8. The lowest BCUT2D eigenvalue weighted by Gasteiger charge is -2.20. The number of rotatable bonds is 1. The highest BCUT2D eigenvalue weighted by molar-refractivity contribution is 9.10. The zero-order valence-electron chi connectivity index (χ0n) is 13.6. The van der Waals surface area contributed by atoms with Crippen molar-refractivity contribution in [2.75, 3.05) is 13.2 Å². The summed E-state index contributed by atoms with van der Waals surface area (Å²) in [5, 5.41) is 0. The van der Waals surface area contributed by atoms with E-state index in [1.165, 1.54) is 0 Å². The Hall–Kier alpha value is -0.480. The van der Waals surface area contributed by atoms with Gasteiger partial charge in [-0.05, 0) is 28.7 Å². The smallest absolute Gasteiger partial charge is 0.131 e. The SMILES string of the molecule is [2H]c1nc(C2([2H])C([2H])([2H])COCC2([2H])[2H])nc([2H])c1Br. The largest absolute Gasteiger partial charge is 0.381 e. The van der Waals surface area contributed by atoms with E-state index in [-0.39, 0.29) is 16.8 Å². The average Bonchev–Trinajstić information content (AvgIpc) is 2.31. The molecule has 0 atom stereocenters. The van der Waals surface area contributed by atoms with Gasteiger partial charge in [-0.15, -0.1) is 0 Å². The van der Waals surface area contributed by atoms with Gasteiger partial charge in [-0.25, -0.2) is 9.97 Å². The highest BCUT2D eigenvalue weighted by Gasteiger charge is 2.17. The van der Waals surface area contributed by atoms with Crippen LogP contribution in [0.4, 0.5) is 0 Å². The molecule has 1 fully saturated rings. The minimum absolute atomic E-state index is 0.0121. The van der Waals surface area contributed by atoms with E-state index in [4.69, 9.17) is 14.3 Å². The van der Waals surface area contributed by atoms with Crippen molar-refractivity contribution in [1.29, 1.82) is 0 Å². The van der Waals surface area contributed by atoms with Crippen LogP contribution in [0.15, 0.2) is 16.8 Å². The molecule has 1 aromatic heterocycles. The number of hydrogen-bond donors (Lipinski definition) is 0. The second-order valence-electron chi connectivity index (χ2n) is 2.31. The lowest BCUT2D eigenvalue weighted by Crippen LogP contribution is -2.16. The molecule has 2 heterocycles. The molecule has 0 bridgehead atoms. The minimum Gasteiger partial charge on any atom is -0.381 e.